The summed E-state index contributed by atoms with van der Waals surface area (Å²) >= 11 is 0. The largest absolute Gasteiger partial charge is 0.459 e. The van der Waals surface area contributed by atoms with Gasteiger partial charge in [0, 0.05) is 11.9 Å². The molecule has 0 bridgehead atoms. The van der Waals surface area contributed by atoms with Gasteiger partial charge in [0.15, 0.2) is 0 Å². The van der Waals surface area contributed by atoms with E-state index in [1.807, 2.05) is 51.2 Å². The second kappa shape index (κ2) is 6.74. The van der Waals surface area contributed by atoms with Crippen LogP contribution in [-0.4, -0.2) is 42.2 Å². The molecular formula is C16H22N2O3. The number of furan rings is 1. The highest BCUT2D eigenvalue weighted by Gasteiger charge is 2.21. The van der Waals surface area contributed by atoms with E-state index in [1.54, 1.807) is 4.90 Å². The maximum absolute atomic E-state index is 12.2. The van der Waals surface area contributed by atoms with Gasteiger partial charge in [-0.15, -0.1) is 0 Å². The lowest BCUT2D eigenvalue weighted by Crippen LogP contribution is -2.44. The summed E-state index contributed by atoms with van der Waals surface area (Å²) in [7, 11) is 1.81. The molecule has 0 fully saturated rings. The van der Waals surface area contributed by atoms with E-state index in [9.17, 15) is 4.79 Å². The first-order valence-corrected chi connectivity index (χ1v) is 7.13. The van der Waals surface area contributed by atoms with Crippen LogP contribution in [0.2, 0.25) is 0 Å². The molecule has 0 saturated heterocycles. The molecule has 2 unspecified atom stereocenters. The molecule has 0 aliphatic rings. The first-order chi connectivity index (χ1) is 10.0. The Kier molecular flexibility index (Phi) is 4.98. The summed E-state index contributed by atoms with van der Waals surface area (Å²) < 4.78 is 5.75. The Bertz CT molecular complexity index is 575. The number of likely N-dealkylation sites (N-methyl/N-ethyl adjacent to an activating group) is 1. The van der Waals surface area contributed by atoms with E-state index in [0.29, 0.717) is 6.54 Å². The smallest absolute Gasteiger partial charge is 0.237 e. The first kappa shape index (κ1) is 15.5. The van der Waals surface area contributed by atoms with Crippen LogP contribution in [-0.2, 0) is 4.79 Å². The molecule has 1 heterocycles. The molecule has 2 atom stereocenters. The fraction of sp³-hybridized carbons (Fsp3) is 0.438. The number of rotatable bonds is 6. The predicted molar refractivity (Wildman–Crippen MR) is 81.9 cm³/mol. The predicted octanol–water partition coefficient (Wildman–Crippen LogP) is 1.92. The van der Waals surface area contributed by atoms with Gasteiger partial charge in [-0.2, -0.15) is 0 Å². The third kappa shape index (κ3) is 3.62. The van der Waals surface area contributed by atoms with Crippen LogP contribution in [0.15, 0.2) is 34.7 Å². The Labute approximate surface area is 124 Å². The molecule has 2 aromatic rings. The molecular weight excluding hydrogens is 268 g/mol. The van der Waals surface area contributed by atoms with Crippen LogP contribution in [0.3, 0.4) is 0 Å². The minimum Gasteiger partial charge on any atom is -0.459 e. The van der Waals surface area contributed by atoms with E-state index in [1.165, 1.54) is 0 Å². The second-order valence-corrected chi connectivity index (χ2v) is 5.30. The zero-order valence-corrected chi connectivity index (χ0v) is 12.7. The third-order valence-electron chi connectivity index (χ3n) is 3.72. The molecule has 0 radical (unpaired) electrons. The van der Waals surface area contributed by atoms with Gasteiger partial charge in [-0.1, -0.05) is 18.2 Å². The van der Waals surface area contributed by atoms with Crippen molar-refractivity contribution >= 4 is 16.9 Å². The molecule has 2 N–H and O–H groups in total. The Morgan fingerprint density at radius 2 is 2.10 bits per heavy atom. The second-order valence-electron chi connectivity index (χ2n) is 5.30. The summed E-state index contributed by atoms with van der Waals surface area (Å²) in [6, 6.07) is 9.21. The number of fused-ring (bicyclic) bond motifs is 1. The van der Waals surface area contributed by atoms with Crippen molar-refractivity contribution in [1.29, 1.82) is 0 Å². The van der Waals surface area contributed by atoms with E-state index >= 15 is 0 Å². The number of para-hydroxylation sites is 1. The molecule has 1 aromatic heterocycles. The van der Waals surface area contributed by atoms with Gasteiger partial charge in [0.05, 0.1) is 18.7 Å². The van der Waals surface area contributed by atoms with Crippen molar-refractivity contribution in [2.45, 2.75) is 25.9 Å². The molecule has 0 aliphatic heterocycles. The molecule has 1 amide bonds. The van der Waals surface area contributed by atoms with Gasteiger partial charge in [0.1, 0.15) is 11.3 Å². The monoisotopic (exact) mass is 290 g/mol. The SMILES string of the molecule is CC(NC(=O)C(C)N(C)CCO)c1cc2ccccc2o1. The molecule has 2 rings (SSSR count). The van der Waals surface area contributed by atoms with Gasteiger partial charge in [-0.05, 0) is 33.0 Å². The van der Waals surface area contributed by atoms with Crippen LogP contribution in [0.5, 0.6) is 0 Å². The van der Waals surface area contributed by atoms with Crippen molar-refractivity contribution in [3.63, 3.8) is 0 Å². The Hall–Kier alpha value is -1.85. The number of amides is 1. The van der Waals surface area contributed by atoms with Crippen LogP contribution in [0.4, 0.5) is 0 Å². The molecule has 114 valence electrons. The highest BCUT2D eigenvalue weighted by atomic mass is 16.3. The van der Waals surface area contributed by atoms with Gasteiger partial charge < -0.3 is 14.8 Å². The fourth-order valence-electron chi connectivity index (χ4n) is 2.17. The minimum absolute atomic E-state index is 0.0350. The Balaban J connectivity index is 2.03. The lowest BCUT2D eigenvalue weighted by atomic mass is 10.2. The number of benzene rings is 1. The summed E-state index contributed by atoms with van der Waals surface area (Å²) in [4.78, 5) is 14.0. The van der Waals surface area contributed by atoms with Crippen LogP contribution in [0, 0.1) is 0 Å². The molecule has 5 heteroatoms. The van der Waals surface area contributed by atoms with E-state index < -0.39 is 0 Å². The summed E-state index contributed by atoms with van der Waals surface area (Å²) in [5, 5.41) is 12.9. The van der Waals surface area contributed by atoms with Crippen molar-refractivity contribution in [3.05, 3.63) is 36.1 Å². The number of carbonyl (C=O) groups is 1. The van der Waals surface area contributed by atoms with E-state index in [4.69, 9.17) is 9.52 Å². The van der Waals surface area contributed by atoms with Crippen molar-refractivity contribution in [2.75, 3.05) is 20.2 Å². The van der Waals surface area contributed by atoms with Crippen molar-refractivity contribution in [2.24, 2.45) is 0 Å². The number of aliphatic hydroxyl groups is 1. The van der Waals surface area contributed by atoms with Crippen LogP contribution >= 0.6 is 0 Å². The number of nitrogens with one attached hydrogen (secondary N) is 1. The number of hydrogen-bond donors (Lipinski definition) is 2. The summed E-state index contributed by atoms with van der Waals surface area (Å²) in [6.45, 7) is 4.21. The normalized spacial score (nSPS) is 14.3. The van der Waals surface area contributed by atoms with Gasteiger partial charge in [0.2, 0.25) is 5.91 Å². The molecule has 0 spiro atoms. The van der Waals surface area contributed by atoms with E-state index in [-0.39, 0.29) is 24.6 Å². The zero-order valence-electron chi connectivity index (χ0n) is 12.7. The maximum atomic E-state index is 12.2. The Morgan fingerprint density at radius 1 is 1.38 bits per heavy atom. The third-order valence-corrected chi connectivity index (χ3v) is 3.72. The number of aliphatic hydroxyl groups excluding tert-OH is 1. The maximum Gasteiger partial charge on any atom is 0.237 e. The molecule has 21 heavy (non-hydrogen) atoms. The van der Waals surface area contributed by atoms with Gasteiger partial charge >= 0.3 is 0 Å². The lowest BCUT2D eigenvalue weighted by Gasteiger charge is -2.24. The lowest BCUT2D eigenvalue weighted by molar-refractivity contribution is -0.126. The minimum atomic E-state index is -0.302. The van der Waals surface area contributed by atoms with Crippen LogP contribution in [0.1, 0.15) is 25.6 Å². The van der Waals surface area contributed by atoms with Crippen LogP contribution < -0.4 is 5.32 Å². The van der Waals surface area contributed by atoms with Crippen LogP contribution in [0.25, 0.3) is 11.0 Å². The fourth-order valence-corrected chi connectivity index (χ4v) is 2.17. The average Bonchev–Trinajstić information content (AvgIpc) is 2.90. The van der Waals surface area contributed by atoms with E-state index in [0.717, 1.165) is 16.7 Å². The summed E-state index contributed by atoms with van der Waals surface area (Å²) in [5.41, 5.74) is 0.819. The summed E-state index contributed by atoms with van der Waals surface area (Å²) in [5.74, 6) is 0.653. The van der Waals surface area contributed by atoms with Gasteiger partial charge in [0.25, 0.3) is 0 Å². The summed E-state index contributed by atoms with van der Waals surface area (Å²) in [6.07, 6.45) is 0. The molecule has 0 saturated carbocycles. The standard InChI is InChI=1S/C16H22N2O3/c1-11(17-16(20)12(2)18(3)8-9-19)15-10-13-6-4-5-7-14(13)21-15/h4-7,10-12,19H,8-9H2,1-3H3,(H,17,20). The highest BCUT2D eigenvalue weighted by Crippen LogP contribution is 2.23. The quantitative estimate of drug-likeness (QED) is 0.853. The molecule has 1 aromatic carbocycles. The average molecular weight is 290 g/mol. The van der Waals surface area contributed by atoms with Crippen molar-refractivity contribution in [1.82, 2.24) is 10.2 Å². The molecule has 0 aliphatic carbocycles. The molecule has 5 nitrogen and oxygen atoms in total. The van der Waals surface area contributed by atoms with E-state index in [2.05, 4.69) is 5.32 Å². The number of nitrogens with zero attached hydrogens (tertiary/aromatic N) is 1. The van der Waals surface area contributed by atoms with Crippen molar-refractivity contribution < 1.29 is 14.3 Å². The topological polar surface area (TPSA) is 65.7 Å². The van der Waals surface area contributed by atoms with Gasteiger partial charge in [-0.3, -0.25) is 9.69 Å². The first-order valence-electron chi connectivity index (χ1n) is 7.13. The van der Waals surface area contributed by atoms with Crippen molar-refractivity contribution in [3.8, 4) is 0 Å². The number of carbonyl (C=O) groups excluding carboxylic acids is 1. The Morgan fingerprint density at radius 3 is 2.76 bits per heavy atom. The van der Waals surface area contributed by atoms with Gasteiger partial charge in [-0.25, -0.2) is 0 Å². The number of hydrogen-bond acceptors (Lipinski definition) is 4. The highest BCUT2D eigenvalue weighted by molar-refractivity contribution is 5.82. The zero-order chi connectivity index (χ0) is 15.4.